The minimum Gasteiger partial charge on any atom is -0.497 e. The number of ether oxygens (including phenoxy) is 2. The summed E-state index contributed by atoms with van der Waals surface area (Å²) < 4.78 is 10.2. The van der Waals surface area contributed by atoms with E-state index in [0.29, 0.717) is 22.7 Å². The Morgan fingerprint density at radius 2 is 1.69 bits per heavy atom. The fourth-order valence-corrected chi connectivity index (χ4v) is 4.66. The second kappa shape index (κ2) is 10.4. The van der Waals surface area contributed by atoms with Crippen LogP contribution in [0.3, 0.4) is 0 Å². The number of thioether (sulfide) groups is 1. The average Bonchev–Trinajstić information content (AvgIpc) is 3.14. The summed E-state index contributed by atoms with van der Waals surface area (Å²) in [6.07, 6.45) is 0.0650. The third-order valence-electron chi connectivity index (χ3n) is 5.35. The lowest BCUT2D eigenvalue weighted by molar-refractivity contribution is -0.121. The van der Waals surface area contributed by atoms with Crippen LogP contribution >= 0.6 is 11.8 Å². The highest BCUT2D eigenvalue weighted by atomic mass is 32.2. The number of imide groups is 1. The minimum atomic E-state index is -0.687. The van der Waals surface area contributed by atoms with Crippen LogP contribution in [-0.2, 0) is 14.3 Å². The molecule has 1 aliphatic rings. The van der Waals surface area contributed by atoms with E-state index in [4.69, 9.17) is 15.2 Å². The van der Waals surface area contributed by atoms with Crippen molar-refractivity contribution < 1.29 is 28.7 Å². The van der Waals surface area contributed by atoms with E-state index in [0.717, 1.165) is 9.80 Å². The molecule has 1 unspecified atom stereocenters. The van der Waals surface area contributed by atoms with Gasteiger partial charge in [0, 0.05) is 22.6 Å². The van der Waals surface area contributed by atoms with Gasteiger partial charge in [-0.3, -0.25) is 14.4 Å². The Bertz CT molecular complexity index is 1270. The van der Waals surface area contributed by atoms with Crippen molar-refractivity contribution in [2.24, 2.45) is 0 Å². The molecule has 1 fully saturated rings. The summed E-state index contributed by atoms with van der Waals surface area (Å²) in [6, 6.07) is 19.5. The third-order valence-corrected chi connectivity index (χ3v) is 6.53. The number of carbonyl (C=O) groups is 4. The summed E-state index contributed by atoms with van der Waals surface area (Å²) in [7, 11) is 1.53. The van der Waals surface area contributed by atoms with Crippen LogP contribution in [0.1, 0.15) is 27.1 Å². The first-order valence-electron chi connectivity index (χ1n) is 10.7. The molecule has 2 N–H and O–H groups in total. The molecule has 35 heavy (non-hydrogen) atoms. The van der Waals surface area contributed by atoms with E-state index in [-0.39, 0.29) is 29.6 Å². The molecule has 178 valence electrons. The first-order valence-corrected chi connectivity index (χ1v) is 11.6. The highest BCUT2D eigenvalue weighted by molar-refractivity contribution is 8.00. The lowest BCUT2D eigenvalue weighted by atomic mass is 10.1. The zero-order valence-electron chi connectivity index (χ0n) is 18.8. The minimum absolute atomic E-state index is 0.0650. The number of benzene rings is 3. The van der Waals surface area contributed by atoms with Crippen LogP contribution in [0.4, 0.5) is 11.4 Å². The quantitative estimate of drug-likeness (QED) is 0.220. The first-order chi connectivity index (χ1) is 16.9. The molecule has 0 bridgehead atoms. The molecule has 9 heteroatoms. The van der Waals surface area contributed by atoms with Crippen molar-refractivity contribution in [3.63, 3.8) is 0 Å². The number of carbonyl (C=O) groups excluding carboxylic acids is 4. The molecule has 8 nitrogen and oxygen atoms in total. The Kier molecular flexibility index (Phi) is 7.17. The largest absolute Gasteiger partial charge is 0.497 e. The topological polar surface area (TPSA) is 116 Å². The summed E-state index contributed by atoms with van der Waals surface area (Å²) in [5.74, 6) is -1.08. The fourth-order valence-electron chi connectivity index (χ4n) is 3.54. The number of ketones is 1. The van der Waals surface area contributed by atoms with Gasteiger partial charge in [0.25, 0.3) is 0 Å². The average molecular weight is 491 g/mol. The first kappa shape index (κ1) is 24.0. The summed E-state index contributed by atoms with van der Waals surface area (Å²) in [6.45, 7) is -0.418. The molecule has 0 aromatic heterocycles. The molecule has 1 heterocycles. The fraction of sp³-hybridized carbons (Fsp3) is 0.154. The van der Waals surface area contributed by atoms with E-state index >= 15 is 0 Å². The van der Waals surface area contributed by atoms with E-state index in [1.165, 1.54) is 43.1 Å². The molecule has 3 aromatic rings. The Hall–Kier alpha value is -4.11. The SMILES string of the molecule is COc1ccc(C(=O)COC(=O)c2ccc(N3C(=O)CC(Sc4cccc(N)c4)C3=O)cc2)cc1. The van der Waals surface area contributed by atoms with Gasteiger partial charge in [0.1, 0.15) is 5.75 Å². The van der Waals surface area contributed by atoms with Gasteiger partial charge in [0.15, 0.2) is 12.4 Å². The van der Waals surface area contributed by atoms with E-state index < -0.39 is 17.8 Å². The zero-order chi connectivity index (χ0) is 24.9. The number of methoxy groups -OCH3 is 1. The molecule has 0 radical (unpaired) electrons. The highest BCUT2D eigenvalue weighted by Gasteiger charge is 2.40. The molecule has 1 atom stereocenters. The maximum Gasteiger partial charge on any atom is 0.338 e. The van der Waals surface area contributed by atoms with Crippen LogP contribution in [0.5, 0.6) is 5.75 Å². The summed E-state index contributed by atoms with van der Waals surface area (Å²) in [4.78, 5) is 52.0. The molecule has 0 spiro atoms. The number of anilines is 2. The summed E-state index contributed by atoms with van der Waals surface area (Å²) in [5.41, 5.74) is 7.33. The van der Waals surface area contributed by atoms with Crippen molar-refractivity contribution in [3.05, 3.63) is 83.9 Å². The van der Waals surface area contributed by atoms with Crippen LogP contribution in [0, 0.1) is 0 Å². The molecule has 0 saturated carbocycles. The Balaban J connectivity index is 1.36. The van der Waals surface area contributed by atoms with Crippen molar-refractivity contribution in [1.29, 1.82) is 0 Å². The van der Waals surface area contributed by atoms with Crippen molar-refractivity contribution in [2.75, 3.05) is 24.4 Å². The van der Waals surface area contributed by atoms with Crippen molar-refractivity contribution in [1.82, 2.24) is 0 Å². The molecule has 2 amide bonds. The Morgan fingerprint density at radius 1 is 1.00 bits per heavy atom. The number of rotatable bonds is 8. The number of nitrogen functional groups attached to an aromatic ring is 1. The van der Waals surface area contributed by atoms with Crippen molar-refractivity contribution in [2.45, 2.75) is 16.6 Å². The standard InChI is InChI=1S/C26H22N2O6S/c1-33-20-11-7-16(8-12-20)22(29)15-34-26(32)17-5-9-19(10-6-17)28-24(30)14-23(25(28)31)35-21-4-2-3-18(27)13-21/h2-13,23H,14-15,27H2,1H3. The third kappa shape index (κ3) is 5.52. The number of nitrogens with zero attached hydrogens (tertiary/aromatic N) is 1. The lowest BCUT2D eigenvalue weighted by Gasteiger charge is -2.15. The number of nitrogens with two attached hydrogens (primary N) is 1. The van der Waals surface area contributed by atoms with E-state index in [1.807, 2.05) is 6.07 Å². The Morgan fingerprint density at radius 3 is 2.34 bits per heavy atom. The maximum absolute atomic E-state index is 12.9. The van der Waals surface area contributed by atoms with Crippen LogP contribution in [0.2, 0.25) is 0 Å². The number of esters is 1. The molecule has 0 aliphatic carbocycles. The summed E-state index contributed by atoms with van der Waals surface area (Å²) in [5, 5.41) is -0.557. The van der Waals surface area contributed by atoms with Crippen LogP contribution < -0.4 is 15.4 Å². The van der Waals surface area contributed by atoms with Crippen LogP contribution in [0.25, 0.3) is 0 Å². The predicted molar refractivity (Wildman–Crippen MR) is 132 cm³/mol. The van der Waals surface area contributed by atoms with E-state index in [1.54, 1.807) is 42.5 Å². The number of hydrogen-bond donors (Lipinski definition) is 1. The molecular weight excluding hydrogens is 468 g/mol. The van der Waals surface area contributed by atoms with Gasteiger partial charge in [-0.05, 0) is 66.7 Å². The van der Waals surface area contributed by atoms with Gasteiger partial charge >= 0.3 is 5.97 Å². The molecule has 1 saturated heterocycles. The molecule has 1 aliphatic heterocycles. The second-order valence-electron chi connectivity index (χ2n) is 7.73. The van der Waals surface area contributed by atoms with Gasteiger partial charge in [0.05, 0.1) is 23.6 Å². The van der Waals surface area contributed by atoms with Gasteiger partial charge in [-0.2, -0.15) is 0 Å². The van der Waals surface area contributed by atoms with Crippen molar-refractivity contribution >= 4 is 46.7 Å². The maximum atomic E-state index is 12.9. The molecule has 4 rings (SSSR count). The van der Waals surface area contributed by atoms with Crippen molar-refractivity contribution in [3.8, 4) is 5.75 Å². The van der Waals surface area contributed by atoms with Gasteiger partial charge in [0.2, 0.25) is 11.8 Å². The van der Waals surface area contributed by atoms with Gasteiger partial charge < -0.3 is 15.2 Å². The monoisotopic (exact) mass is 490 g/mol. The number of amides is 2. The van der Waals surface area contributed by atoms with Gasteiger partial charge in [-0.15, -0.1) is 11.8 Å². The van der Waals surface area contributed by atoms with Crippen LogP contribution in [-0.4, -0.2) is 42.5 Å². The van der Waals surface area contributed by atoms with Crippen LogP contribution in [0.15, 0.2) is 77.7 Å². The van der Waals surface area contributed by atoms with E-state index in [9.17, 15) is 19.2 Å². The number of hydrogen-bond acceptors (Lipinski definition) is 8. The zero-order valence-corrected chi connectivity index (χ0v) is 19.6. The molecular formula is C26H22N2O6S. The lowest BCUT2D eigenvalue weighted by Crippen LogP contribution is -2.31. The van der Waals surface area contributed by atoms with Gasteiger partial charge in [-0.1, -0.05) is 6.07 Å². The second-order valence-corrected chi connectivity index (χ2v) is 9.00. The van der Waals surface area contributed by atoms with E-state index in [2.05, 4.69) is 0 Å². The van der Waals surface area contributed by atoms with Gasteiger partial charge in [-0.25, -0.2) is 9.69 Å². The summed E-state index contributed by atoms with van der Waals surface area (Å²) >= 11 is 1.29. The Labute approximate surface area is 206 Å². The highest BCUT2D eigenvalue weighted by Crippen LogP contribution is 2.34. The smallest absolute Gasteiger partial charge is 0.338 e. The predicted octanol–water partition coefficient (Wildman–Crippen LogP) is 3.74. The normalized spacial score (nSPS) is 15.2. The molecule has 3 aromatic carbocycles. The number of Topliss-reactive ketones (excluding diaryl/α,β-unsaturated/α-hetero) is 1.